The molecule has 7 nitrogen and oxygen atoms in total. The first-order chi connectivity index (χ1) is 8.02. The first-order valence-corrected chi connectivity index (χ1v) is 5.50. The highest BCUT2D eigenvalue weighted by Gasteiger charge is 2.35. The lowest BCUT2D eigenvalue weighted by Gasteiger charge is -2.08. The fraction of sp³-hybridized carbons (Fsp3) is 0.600. The van der Waals surface area contributed by atoms with Gasteiger partial charge in [0.25, 0.3) is 0 Å². The fourth-order valence-electron chi connectivity index (χ4n) is 1.70. The lowest BCUT2D eigenvalue weighted by atomic mass is 10.3. The van der Waals surface area contributed by atoms with Crippen molar-refractivity contribution in [1.82, 2.24) is 9.97 Å². The van der Waals surface area contributed by atoms with E-state index in [-0.39, 0.29) is 11.7 Å². The number of nitrogens with zero attached hydrogens (tertiary/aromatic N) is 3. The minimum Gasteiger partial charge on any atom is -0.361 e. The van der Waals surface area contributed by atoms with Gasteiger partial charge in [0.15, 0.2) is 0 Å². The summed E-state index contributed by atoms with van der Waals surface area (Å²) in [4.78, 5) is 18.7. The molecule has 2 unspecified atom stereocenters. The molecule has 0 spiro atoms. The molecule has 0 amide bonds. The van der Waals surface area contributed by atoms with Gasteiger partial charge in [0, 0.05) is 13.1 Å². The highest BCUT2D eigenvalue weighted by atomic mass is 16.6. The molecule has 2 atom stereocenters. The summed E-state index contributed by atoms with van der Waals surface area (Å²) < 4.78 is 0. The zero-order valence-corrected chi connectivity index (χ0v) is 10.0. The highest BCUT2D eigenvalue weighted by molar-refractivity contribution is 5.61. The summed E-state index contributed by atoms with van der Waals surface area (Å²) in [6.07, 6.45) is 1.02. The number of rotatable bonds is 4. The molecule has 1 fully saturated rings. The van der Waals surface area contributed by atoms with Crippen molar-refractivity contribution in [3.05, 3.63) is 15.8 Å². The lowest BCUT2D eigenvalue weighted by Crippen LogP contribution is -2.11. The van der Waals surface area contributed by atoms with E-state index in [0.717, 1.165) is 6.42 Å². The highest BCUT2D eigenvalue weighted by Crippen LogP contribution is 2.35. The summed E-state index contributed by atoms with van der Waals surface area (Å²) in [7, 11) is 1.68. The van der Waals surface area contributed by atoms with Crippen LogP contribution >= 0.6 is 0 Å². The summed E-state index contributed by atoms with van der Waals surface area (Å²) in [5.74, 6) is 1.24. The average molecular weight is 237 g/mol. The van der Waals surface area contributed by atoms with E-state index < -0.39 is 4.92 Å². The molecule has 2 rings (SSSR count). The van der Waals surface area contributed by atoms with Crippen LogP contribution in [-0.4, -0.2) is 28.0 Å². The second-order valence-electron chi connectivity index (χ2n) is 4.30. The van der Waals surface area contributed by atoms with Crippen molar-refractivity contribution in [3.63, 3.8) is 0 Å². The number of aromatic nitrogens is 2. The van der Waals surface area contributed by atoms with Crippen LogP contribution in [0.4, 0.5) is 17.5 Å². The van der Waals surface area contributed by atoms with Crippen LogP contribution in [0.25, 0.3) is 0 Å². The maximum atomic E-state index is 11.0. The molecule has 0 aliphatic heterocycles. The molecule has 1 aliphatic rings. The Morgan fingerprint density at radius 3 is 2.59 bits per heavy atom. The van der Waals surface area contributed by atoms with E-state index in [4.69, 9.17) is 0 Å². The predicted octanol–water partition coefficient (Wildman–Crippen LogP) is 1.56. The summed E-state index contributed by atoms with van der Waals surface area (Å²) in [6.45, 7) is 3.71. The Morgan fingerprint density at radius 2 is 2.12 bits per heavy atom. The van der Waals surface area contributed by atoms with Gasteiger partial charge in [-0.1, -0.05) is 6.92 Å². The van der Waals surface area contributed by atoms with Gasteiger partial charge in [0.2, 0.25) is 11.8 Å². The third-order valence-electron chi connectivity index (χ3n) is 2.90. The lowest BCUT2D eigenvalue weighted by molar-refractivity contribution is -0.385. The van der Waals surface area contributed by atoms with Crippen molar-refractivity contribution in [2.75, 3.05) is 17.7 Å². The number of nitro groups is 1. The molecule has 1 saturated carbocycles. The van der Waals surface area contributed by atoms with Gasteiger partial charge in [-0.25, -0.2) is 4.98 Å². The van der Waals surface area contributed by atoms with Crippen LogP contribution < -0.4 is 10.6 Å². The Balaban J connectivity index is 2.37. The van der Waals surface area contributed by atoms with Gasteiger partial charge in [-0.2, -0.15) is 4.98 Å². The predicted molar refractivity (Wildman–Crippen MR) is 64.2 cm³/mol. The summed E-state index contributed by atoms with van der Waals surface area (Å²) in [5.41, 5.74) is 0.327. The molecular formula is C10H15N5O2. The molecule has 0 radical (unpaired) electrons. The molecule has 7 heteroatoms. The Morgan fingerprint density at radius 1 is 1.47 bits per heavy atom. The van der Waals surface area contributed by atoms with Crippen molar-refractivity contribution in [1.29, 1.82) is 0 Å². The Hall–Kier alpha value is -1.92. The van der Waals surface area contributed by atoms with E-state index in [1.165, 1.54) is 0 Å². The van der Waals surface area contributed by atoms with Crippen LogP contribution in [0.5, 0.6) is 0 Å². The molecule has 2 N–H and O–H groups in total. The van der Waals surface area contributed by atoms with Gasteiger partial charge in [-0.15, -0.1) is 0 Å². The van der Waals surface area contributed by atoms with Crippen molar-refractivity contribution < 1.29 is 4.92 Å². The van der Waals surface area contributed by atoms with Gasteiger partial charge in [0.1, 0.15) is 5.69 Å². The monoisotopic (exact) mass is 237 g/mol. The molecule has 92 valence electrons. The van der Waals surface area contributed by atoms with Crippen molar-refractivity contribution in [2.24, 2.45) is 5.92 Å². The first-order valence-electron chi connectivity index (χ1n) is 5.50. The largest absolute Gasteiger partial charge is 0.361 e. The van der Waals surface area contributed by atoms with Crippen LogP contribution in [0, 0.1) is 23.0 Å². The topological polar surface area (TPSA) is 93.0 Å². The molecule has 1 aliphatic carbocycles. The molecule has 0 bridgehead atoms. The van der Waals surface area contributed by atoms with Gasteiger partial charge in [0.05, 0.1) is 4.92 Å². The number of aryl methyl sites for hydroxylation is 1. The van der Waals surface area contributed by atoms with Crippen molar-refractivity contribution in [2.45, 2.75) is 26.3 Å². The molecule has 1 aromatic heterocycles. The quantitative estimate of drug-likeness (QED) is 0.609. The Labute approximate surface area is 98.8 Å². The van der Waals surface area contributed by atoms with E-state index in [0.29, 0.717) is 23.4 Å². The third-order valence-corrected chi connectivity index (χ3v) is 2.90. The standard InChI is InChI=1S/C10H15N5O2/c1-5-4-7(5)13-9-8(15(16)17)6(2)12-10(11-3)14-9/h5,7H,4H2,1-3H3,(H2,11,12,13,14). The van der Waals surface area contributed by atoms with Gasteiger partial charge in [-0.05, 0) is 19.3 Å². The minimum atomic E-state index is -0.440. The van der Waals surface area contributed by atoms with Gasteiger partial charge in [-0.3, -0.25) is 10.1 Å². The molecule has 17 heavy (non-hydrogen) atoms. The maximum Gasteiger partial charge on any atom is 0.332 e. The van der Waals surface area contributed by atoms with Crippen LogP contribution in [0.2, 0.25) is 0 Å². The van der Waals surface area contributed by atoms with Crippen LogP contribution in [0.1, 0.15) is 19.0 Å². The fourth-order valence-corrected chi connectivity index (χ4v) is 1.70. The van der Waals surface area contributed by atoms with E-state index in [1.807, 2.05) is 0 Å². The van der Waals surface area contributed by atoms with E-state index in [1.54, 1.807) is 14.0 Å². The second-order valence-corrected chi connectivity index (χ2v) is 4.30. The Bertz CT molecular complexity index is 462. The number of anilines is 2. The average Bonchev–Trinajstić information content (AvgIpc) is 2.92. The molecule has 1 aromatic rings. The van der Waals surface area contributed by atoms with E-state index in [9.17, 15) is 10.1 Å². The van der Waals surface area contributed by atoms with E-state index in [2.05, 4.69) is 27.5 Å². The summed E-state index contributed by atoms with van der Waals surface area (Å²) in [6, 6.07) is 0.285. The molecule has 1 heterocycles. The van der Waals surface area contributed by atoms with Crippen molar-refractivity contribution >= 4 is 17.5 Å². The molecule has 0 saturated heterocycles. The number of hydrogen-bond acceptors (Lipinski definition) is 6. The Kier molecular flexibility index (Phi) is 2.83. The second kappa shape index (κ2) is 4.15. The zero-order valence-electron chi connectivity index (χ0n) is 10.0. The number of nitrogens with one attached hydrogen (secondary N) is 2. The molecule has 0 aromatic carbocycles. The number of hydrogen-bond donors (Lipinski definition) is 2. The zero-order chi connectivity index (χ0) is 12.6. The van der Waals surface area contributed by atoms with Crippen molar-refractivity contribution in [3.8, 4) is 0 Å². The van der Waals surface area contributed by atoms with Gasteiger partial charge >= 0.3 is 5.69 Å². The van der Waals surface area contributed by atoms with E-state index >= 15 is 0 Å². The van der Waals surface area contributed by atoms with Crippen LogP contribution in [0.3, 0.4) is 0 Å². The third kappa shape index (κ3) is 2.27. The minimum absolute atomic E-state index is 0.0388. The maximum absolute atomic E-state index is 11.0. The molecular weight excluding hydrogens is 222 g/mol. The van der Waals surface area contributed by atoms with Crippen LogP contribution in [-0.2, 0) is 0 Å². The summed E-state index contributed by atoms with van der Waals surface area (Å²) >= 11 is 0. The van der Waals surface area contributed by atoms with Crippen LogP contribution in [0.15, 0.2) is 0 Å². The normalized spacial score (nSPS) is 22.1. The smallest absolute Gasteiger partial charge is 0.332 e. The summed E-state index contributed by atoms with van der Waals surface area (Å²) in [5, 5.41) is 16.9. The SMILES string of the molecule is CNc1nc(C)c([N+](=O)[O-])c(NC2CC2C)n1. The van der Waals surface area contributed by atoms with Gasteiger partial charge < -0.3 is 10.6 Å². The first kappa shape index (κ1) is 11.6.